The fourth-order valence-corrected chi connectivity index (χ4v) is 3.97. The van der Waals surface area contributed by atoms with Crippen molar-refractivity contribution in [1.82, 2.24) is 4.98 Å². The molecule has 5 heteroatoms. The van der Waals surface area contributed by atoms with Crippen LogP contribution >= 0.6 is 24.0 Å². The van der Waals surface area contributed by atoms with Crippen molar-refractivity contribution in [2.24, 2.45) is 0 Å². The molecule has 0 unspecified atom stereocenters. The number of hydrogen-bond donors (Lipinski definition) is 0. The Labute approximate surface area is 149 Å². The molecule has 3 aromatic rings. The molecule has 0 spiro atoms. The first kappa shape index (κ1) is 15.1. The van der Waals surface area contributed by atoms with Crippen molar-refractivity contribution in [1.29, 1.82) is 0 Å². The van der Waals surface area contributed by atoms with Crippen LogP contribution in [-0.4, -0.2) is 15.2 Å². The first-order valence-corrected chi connectivity index (χ1v) is 8.62. The summed E-state index contributed by atoms with van der Waals surface area (Å²) in [5.74, 6) is -0.0850. The highest BCUT2D eigenvalue weighted by Gasteiger charge is 2.34. The third-order valence-corrected chi connectivity index (χ3v) is 5.11. The Morgan fingerprint density at radius 2 is 1.75 bits per heavy atom. The van der Waals surface area contributed by atoms with Crippen LogP contribution in [0.25, 0.3) is 16.8 Å². The van der Waals surface area contributed by atoms with E-state index < -0.39 is 0 Å². The van der Waals surface area contributed by atoms with Crippen molar-refractivity contribution in [3.05, 3.63) is 77.5 Å². The molecule has 4 rings (SSSR count). The van der Waals surface area contributed by atoms with Crippen molar-refractivity contribution >= 4 is 56.7 Å². The molecule has 2 aromatic carbocycles. The molecule has 1 amide bonds. The van der Waals surface area contributed by atoms with Gasteiger partial charge in [-0.15, -0.1) is 0 Å². The number of benzene rings is 2. The van der Waals surface area contributed by atoms with Gasteiger partial charge in [-0.05, 0) is 35.2 Å². The van der Waals surface area contributed by atoms with Crippen molar-refractivity contribution in [2.45, 2.75) is 0 Å². The molecular weight excluding hydrogens is 336 g/mol. The minimum atomic E-state index is -0.0850. The van der Waals surface area contributed by atoms with Crippen LogP contribution < -0.4 is 4.90 Å². The summed E-state index contributed by atoms with van der Waals surface area (Å²) in [5, 5.41) is 2.10. The molecule has 0 saturated carbocycles. The number of thiocarbonyl (C=S) groups is 1. The first-order valence-electron chi connectivity index (χ1n) is 7.40. The van der Waals surface area contributed by atoms with E-state index in [0.717, 1.165) is 22.0 Å². The smallest absolute Gasteiger partial charge is 0.268 e. The Bertz CT molecular complexity index is 978. The number of amides is 1. The van der Waals surface area contributed by atoms with Crippen LogP contribution in [0.4, 0.5) is 5.69 Å². The molecule has 1 saturated heterocycles. The zero-order chi connectivity index (χ0) is 16.5. The molecule has 1 fully saturated rings. The lowest BCUT2D eigenvalue weighted by Gasteiger charge is -2.17. The van der Waals surface area contributed by atoms with E-state index in [0.29, 0.717) is 9.23 Å². The predicted molar refractivity (Wildman–Crippen MR) is 104 cm³/mol. The van der Waals surface area contributed by atoms with Crippen LogP contribution in [0, 0.1) is 0 Å². The predicted octanol–water partition coefficient (Wildman–Crippen LogP) is 4.64. The largest absolute Gasteiger partial charge is 0.270 e. The molecule has 116 valence electrons. The van der Waals surface area contributed by atoms with E-state index in [9.17, 15) is 4.79 Å². The molecule has 1 aliphatic rings. The number of carbonyl (C=O) groups excluding carboxylic acids is 1. The van der Waals surface area contributed by atoms with Crippen LogP contribution in [0.1, 0.15) is 5.56 Å². The molecule has 1 aromatic heterocycles. The zero-order valence-corrected chi connectivity index (χ0v) is 14.2. The number of rotatable bonds is 2. The average molecular weight is 348 g/mol. The highest BCUT2D eigenvalue weighted by Crippen LogP contribution is 2.38. The second kappa shape index (κ2) is 6.19. The summed E-state index contributed by atoms with van der Waals surface area (Å²) in [4.78, 5) is 19.1. The standard InChI is InChI=1S/C19H12N2OS2/c22-18-17(12-13-8-10-20-11-9-13)24-19(23)21(18)16-7-3-5-14-4-1-2-6-15(14)16/h1-12H/b17-12-. The van der Waals surface area contributed by atoms with Gasteiger partial charge in [-0.3, -0.25) is 14.7 Å². The van der Waals surface area contributed by atoms with Gasteiger partial charge in [0.2, 0.25) is 0 Å². The van der Waals surface area contributed by atoms with Gasteiger partial charge in [-0.1, -0.05) is 60.4 Å². The summed E-state index contributed by atoms with van der Waals surface area (Å²) in [6.45, 7) is 0. The second-order valence-electron chi connectivity index (χ2n) is 5.30. The van der Waals surface area contributed by atoms with Gasteiger partial charge in [-0.25, -0.2) is 0 Å². The van der Waals surface area contributed by atoms with Gasteiger partial charge in [0.1, 0.15) is 0 Å². The molecular formula is C19H12N2OS2. The van der Waals surface area contributed by atoms with E-state index in [2.05, 4.69) is 4.98 Å². The third-order valence-electron chi connectivity index (χ3n) is 3.81. The van der Waals surface area contributed by atoms with Gasteiger partial charge >= 0.3 is 0 Å². The number of fused-ring (bicyclic) bond motifs is 1. The minimum absolute atomic E-state index is 0.0850. The molecule has 2 heterocycles. The Hall–Kier alpha value is -2.50. The topological polar surface area (TPSA) is 33.2 Å². The molecule has 3 nitrogen and oxygen atoms in total. The Kier molecular flexibility index (Phi) is 3.88. The lowest BCUT2D eigenvalue weighted by Crippen LogP contribution is -2.27. The Morgan fingerprint density at radius 1 is 1.00 bits per heavy atom. The maximum atomic E-state index is 12.9. The average Bonchev–Trinajstić information content (AvgIpc) is 2.89. The Balaban J connectivity index is 1.78. The number of hydrogen-bond acceptors (Lipinski definition) is 4. The number of thioether (sulfide) groups is 1. The minimum Gasteiger partial charge on any atom is -0.268 e. The molecule has 24 heavy (non-hydrogen) atoms. The maximum Gasteiger partial charge on any atom is 0.270 e. The summed E-state index contributed by atoms with van der Waals surface area (Å²) in [6.07, 6.45) is 5.26. The zero-order valence-electron chi connectivity index (χ0n) is 12.5. The van der Waals surface area contributed by atoms with Crippen molar-refractivity contribution in [2.75, 3.05) is 4.90 Å². The lowest BCUT2D eigenvalue weighted by atomic mass is 10.1. The van der Waals surface area contributed by atoms with Crippen LogP contribution in [0.2, 0.25) is 0 Å². The quantitative estimate of drug-likeness (QED) is 0.499. The maximum absolute atomic E-state index is 12.9. The monoisotopic (exact) mass is 348 g/mol. The molecule has 1 aliphatic heterocycles. The SMILES string of the molecule is O=C1/C(=C/c2ccncc2)SC(=S)N1c1cccc2ccccc12. The van der Waals surface area contributed by atoms with E-state index in [1.807, 2.05) is 60.7 Å². The number of anilines is 1. The van der Waals surface area contributed by atoms with Crippen LogP contribution in [0.5, 0.6) is 0 Å². The van der Waals surface area contributed by atoms with Gasteiger partial charge in [0.05, 0.1) is 10.6 Å². The molecule has 0 aliphatic carbocycles. The fraction of sp³-hybridized carbons (Fsp3) is 0. The van der Waals surface area contributed by atoms with Crippen LogP contribution in [0.3, 0.4) is 0 Å². The number of carbonyl (C=O) groups is 1. The highest BCUT2D eigenvalue weighted by molar-refractivity contribution is 8.27. The van der Waals surface area contributed by atoms with E-state index in [4.69, 9.17) is 12.2 Å². The van der Waals surface area contributed by atoms with Crippen LogP contribution in [0.15, 0.2) is 71.9 Å². The fourth-order valence-electron chi connectivity index (χ4n) is 2.69. The lowest BCUT2D eigenvalue weighted by molar-refractivity contribution is -0.113. The molecule has 0 radical (unpaired) electrons. The van der Waals surface area contributed by atoms with Crippen LogP contribution in [-0.2, 0) is 4.79 Å². The van der Waals surface area contributed by atoms with Crippen molar-refractivity contribution in [3.8, 4) is 0 Å². The number of aromatic nitrogens is 1. The number of pyridine rings is 1. The van der Waals surface area contributed by atoms with E-state index in [1.165, 1.54) is 11.8 Å². The summed E-state index contributed by atoms with van der Waals surface area (Å²) in [6, 6.07) is 17.6. The van der Waals surface area contributed by atoms with E-state index in [-0.39, 0.29) is 5.91 Å². The normalized spacial score (nSPS) is 16.3. The molecule has 0 N–H and O–H groups in total. The van der Waals surface area contributed by atoms with Crippen molar-refractivity contribution in [3.63, 3.8) is 0 Å². The van der Waals surface area contributed by atoms with E-state index >= 15 is 0 Å². The summed E-state index contributed by atoms with van der Waals surface area (Å²) < 4.78 is 0.552. The van der Waals surface area contributed by atoms with Gasteiger partial charge in [0.15, 0.2) is 4.32 Å². The third kappa shape index (κ3) is 2.62. The van der Waals surface area contributed by atoms with Gasteiger partial charge < -0.3 is 0 Å². The van der Waals surface area contributed by atoms with E-state index in [1.54, 1.807) is 17.3 Å². The molecule has 0 atom stereocenters. The first-order chi connectivity index (χ1) is 11.7. The van der Waals surface area contributed by atoms with Gasteiger partial charge in [-0.2, -0.15) is 0 Å². The van der Waals surface area contributed by atoms with Gasteiger partial charge in [0, 0.05) is 17.8 Å². The highest BCUT2D eigenvalue weighted by atomic mass is 32.2. The molecule has 0 bridgehead atoms. The number of nitrogens with zero attached hydrogens (tertiary/aromatic N) is 2. The van der Waals surface area contributed by atoms with Gasteiger partial charge in [0.25, 0.3) is 5.91 Å². The Morgan fingerprint density at radius 3 is 2.58 bits per heavy atom. The van der Waals surface area contributed by atoms with Crippen molar-refractivity contribution < 1.29 is 4.79 Å². The summed E-state index contributed by atoms with van der Waals surface area (Å²) in [7, 11) is 0. The summed E-state index contributed by atoms with van der Waals surface area (Å²) in [5.41, 5.74) is 1.76. The summed E-state index contributed by atoms with van der Waals surface area (Å²) >= 11 is 6.80. The second-order valence-corrected chi connectivity index (χ2v) is 6.97.